The molecule has 1 aromatic carbocycles. The monoisotopic (exact) mass is 418 g/mol. The summed E-state index contributed by atoms with van der Waals surface area (Å²) >= 11 is 0. The van der Waals surface area contributed by atoms with Crippen molar-refractivity contribution >= 4 is 17.4 Å². The summed E-state index contributed by atoms with van der Waals surface area (Å²) in [6, 6.07) is 9.49. The molecule has 0 aliphatic heterocycles. The van der Waals surface area contributed by atoms with Crippen molar-refractivity contribution in [3.63, 3.8) is 0 Å². The number of ether oxygens (including phenoxy) is 2. The molecule has 164 valence electrons. The molecule has 1 aromatic heterocycles. The molecule has 3 N–H and O–H groups in total. The van der Waals surface area contributed by atoms with Crippen LogP contribution in [0.5, 0.6) is 0 Å². The second-order valence-electron chi connectivity index (χ2n) is 7.23. The predicted molar refractivity (Wildman–Crippen MR) is 116 cm³/mol. The van der Waals surface area contributed by atoms with Crippen molar-refractivity contribution in [1.82, 2.24) is 9.55 Å². The maximum atomic E-state index is 12.5. The summed E-state index contributed by atoms with van der Waals surface area (Å²) in [5, 5.41) is 5.74. The fraction of sp³-hybridized carbons (Fsp3) is 0.476. The Labute approximate surface area is 175 Å². The number of rotatable bonds is 12. The van der Waals surface area contributed by atoms with E-state index in [0.717, 1.165) is 5.56 Å². The molecule has 0 bridgehead atoms. The molecule has 0 unspecified atom stereocenters. The van der Waals surface area contributed by atoms with Gasteiger partial charge in [-0.15, -0.1) is 0 Å². The van der Waals surface area contributed by atoms with Crippen LogP contribution in [0.2, 0.25) is 0 Å². The fourth-order valence-corrected chi connectivity index (χ4v) is 2.73. The third kappa shape index (κ3) is 7.16. The Hall–Kier alpha value is -2.91. The molecular weight excluding hydrogens is 388 g/mol. The molecule has 9 nitrogen and oxygen atoms in total. The molecule has 1 heterocycles. The topological polar surface area (TPSA) is 114 Å². The van der Waals surface area contributed by atoms with E-state index in [1.165, 1.54) is 11.7 Å². The molecule has 0 saturated carbocycles. The van der Waals surface area contributed by atoms with Gasteiger partial charge in [0.25, 0.3) is 5.56 Å². The lowest BCUT2D eigenvalue weighted by atomic mass is 10.2. The summed E-state index contributed by atoms with van der Waals surface area (Å²) in [6.45, 7) is 5.62. The van der Waals surface area contributed by atoms with Gasteiger partial charge in [0.05, 0.1) is 26.2 Å². The summed E-state index contributed by atoms with van der Waals surface area (Å²) < 4.78 is 11.8. The van der Waals surface area contributed by atoms with Gasteiger partial charge in [-0.05, 0) is 11.5 Å². The van der Waals surface area contributed by atoms with Crippen molar-refractivity contribution in [1.29, 1.82) is 0 Å². The molecule has 0 saturated heterocycles. The third-order valence-electron chi connectivity index (χ3n) is 4.21. The molecule has 0 atom stereocenters. The molecule has 0 aliphatic carbocycles. The molecule has 0 fully saturated rings. The van der Waals surface area contributed by atoms with Crippen LogP contribution in [0.3, 0.4) is 0 Å². The Balaban J connectivity index is 2.24. The number of aromatic amines is 1. The normalized spacial score (nSPS) is 10.9. The minimum atomic E-state index is -0.617. The number of nitrogens with zero attached hydrogens (tertiary/aromatic N) is 1. The van der Waals surface area contributed by atoms with E-state index in [0.29, 0.717) is 19.1 Å². The number of methoxy groups -OCH3 is 1. The number of amides is 1. The van der Waals surface area contributed by atoms with Crippen LogP contribution in [0.15, 0.2) is 39.9 Å². The first-order chi connectivity index (χ1) is 14.4. The van der Waals surface area contributed by atoms with Crippen LogP contribution in [0.25, 0.3) is 0 Å². The Morgan fingerprint density at radius 2 is 1.90 bits per heavy atom. The summed E-state index contributed by atoms with van der Waals surface area (Å²) in [7, 11) is 1.51. The fourth-order valence-electron chi connectivity index (χ4n) is 2.73. The summed E-state index contributed by atoms with van der Waals surface area (Å²) in [5.41, 5.74) is -0.151. The molecular formula is C21H30N4O5. The van der Waals surface area contributed by atoms with Gasteiger partial charge >= 0.3 is 5.69 Å². The lowest BCUT2D eigenvalue weighted by Crippen LogP contribution is -2.36. The van der Waals surface area contributed by atoms with Gasteiger partial charge in [-0.25, -0.2) is 4.79 Å². The smallest absolute Gasteiger partial charge is 0.330 e. The first kappa shape index (κ1) is 23.4. The van der Waals surface area contributed by atoms with Crippen molar-refractivity contribution in [2.45, 2.75) is 33.4 Å². The zero-order chi connectivity index (χ0) is 21.9. The van der Waals surface area contributed by atoms with Crippen LogP contribution in [-0.2, 0) is 27.4 Å². The van der Waals surface area contributed by atoms with Crippen LogP contribution in [0.4, 0.5) is 11.5 Å². The van der Waals surface area contributed by atoms with Gasteiger partial charge in [0.1, 0.15) is 11.5 Å². The van der Waals surface area contributed by atoms with Crippen molar-refractivity contribution in [2.24, 2.45) is 5.92 Å². The first-order valence-corrected chi connectivity index (χ1v) is 9.93. The minimum absolute atomic E-state index is 0.107. The van der Waals surface area contributed by atoms with Crippen LogP contribution < -0.4 is 21.9 Å². The Morgan fingerprint density at radius 3 is 2.57 bits per heavy atom. The number of aromatic nitrogens is 2. The summed E-state index contributed by atoms with van der Waals surface area (Å²) in [5.74, 6) is 0.136. The van der Waals surface area contributed by atoms with Crippen LogP contribution >= 0.6 is 0 Å². The van der Waals surface area contributed by atoms with E-state index in [-0.39, 0.29) is 43.6 Å². The molecule has 0 aliphatic rings. The summed E-state index contributed by atoms with van der Waals surface area (Å²) in [4.78, 5) is 39.6. The number of hydrogen-bond donors (Lipinski definition) is 3. The van der Waals surface area contributed by atoms with E-state index in [4.69, 9.17) is 9.47 Å². The lowest BCUT2D eigenvalue weighted by molar-refractivity contribution is -0.117. The second kappa shape index (κ2) is 11.9. The number of carbonyl (C=O) groups is 1. The molecule has 1 amide bonds. The van der Waals surface area contributed by atoms with Crippen LogP contribution in [0.1, 0.15) is 25.8 Å². The maximum Gasteiger partial charge on any atom is 0.330 e. The average molecular weight is 418 g/mol. The number of carbonyl (C=O) groups excluding carboxylic acids is 1. The molecule has 0 radical (unpaired) electrons. The van der Waals surface area contributed by atoms with Crippen molar-refractivity contribution in [3.8, 4) is 0 Å². The standard InChI is InChI=1S/C21H30N4O5/c1-15(2)14-30-11-9-17(26)23-19-18(22-13-16-7-5-4-6-8-16)20(27)24-21(28)25(19)10-12-29-3/h4-8,15,22H,9-14H2,1-3H3,(H,23,26)(H,24,27,28). The SMILES string of the molecule is COCCn1c(NC(=O)CCOCC(C)C)c(NCc2ccccc2)c(=O)[nH]c1=O. The van der Waals surface area contributed by atoms with Gasteiger partial charge in [0, 0.05) is 20.3 Å². The predicted octanol–water partition coefficient (Wildman–Crippen LogP) is 1.80. The Bertz CT molecular complexity index is 921. The highest BCUT2D eigenvalue weighted by molar-refractivity contribution is 5.92. The van der Waals surface area contributed by atoms with E-state index < -0.39 is 11.2 Å². The van der Waals surface area contributed by atoms with Crippen molar-refractivity contribution in [2.75, 3.05) is 37.6 Å². The minimum Gasteiger partial charge on any atom is -0.383 e. The molecule has 0 spiro atoms. The molecule has 2 rings (SSSR count). The summed E-state index contributed by atoms with van der Waals surface area (Å²) in [6.07, 6.45) is 0.107. The van der Waals surface area contributed by atoms with Gasteiger partial charge in [-0.1, -0.05) is 44.2 Å². The van der Waals surface area contributed by atoms with E-state index in [1.807, 2.05) is 44.2 Å². The van der Waals surface area contributed by atoms with E-state index in [2.05, 4.69) is 15.6 Å². The second-order valence-corrected chi connectivity index (χ2v) is 7.23. The van der Waals surface area contributed by atoms with E-state index >= 15 is 0 Å². The number of benzene rings is 1. The van der Waals surface area contributed by atoms with Gasteiger partial charge in [-0.2, -0.15) is 0 Å². The zero-order valence-electron chi connectivity index (χ0n) is 17.7. The number of anilines is 2. The van der Waals surface area contributed by atoms with Crippen LogP contribution in [0, 0.1) is 5.92 Å². The van der Waals surface area contributed by atoms with Crippen molar-refractivity contribution < 1.29 is 14.3 Å². The van der Waals surface area contributed by atoms with Crippen molar-refractivity contribution in [3.05, 3.63) is 56.7 Å². The maximum absolute atomic E-state index is 12.5. The quantitative estimate of drug-likeness (QED) is 0.453. The van der Waals surface area contributed by atoms with Crippen LogP contribution in [-0.4, -0.2) is 42.4 Å². The number of nitrogens with one attached hydrogen (secondary N) is 3. The molecule has 9 heteroatoms. The van der Waals surface area contributed by atoms with Gasteiger partial charge in [0.15, 0.2) is 0 Å². The third-order valence-corrected chi connectivity index (χ3v) is 4.21. The van der Waals surface area contributed by atoms with Gasteiger partial charge < -0.3 is 20.1 Å². The van der Waals surface area contributed by atoms with Gasteiger partial charge in [-0.3, -0.25) is 19.1 Å². The highest BCUT2D eigenvalue weighted by Gasteiger charge is 2.17. The average Bonchev–Trinajstić information content (AvgIpc) is 2.71. The van der Waals surface area contributed by atoms with E-state index in [9.17, 15) is 14.4 Å². The molecule has 2 aromatic rings. The van der Waals surface area contributed by atoms with E-state index in [1.54, 1.807) is 0 Å². The number of H-pyrrole nitrogens is 1. The zero-order valence-corrected chi connectivity index (χ0v) is 17.7. The molecule has 30 heavy (non-hydrogen) atoms. The largest absolute Gasteiger partial charge is 0.383 e. The first-order valence-electron chi connectivity index (χ1n) is 9.93. The van der Waals surface area contributed by atoms with Gasteiger partial charge in [0.2, 0.25) is 5.91 Å². The highest BCUT2D eigenvalue weighted by atomic mass is 16.5. The lowest BCUT2D eigenvalue weighted by Gasteiger charge is -2.18. The highest BCUT2D eigenvalue weighted by Crippen LogP contribution is 2.17. The number of hydrogen-bond acceptors (Lipinski definition) is 6. The Kier molecular flexibility index (Phi) is 9.30. The Morgan fingerprint density at radius 1 is 1.17 bits per heavy atom.